The number of hydrogen-bond acceptors (Lipinski definition) is 4. The highest BCUT2D eigenvalue weighted by molar-refractivity contribution is 6.31. The average Bonchev–Trinajstić information content (AvgIpc) is 3.17. The van der Waals surface area contributed by atoms with Crippen LogP contribution < -0.4 is 0 Å². The van der Waals surface area contributed by atoms with Crippen molar-refractivity contribution >= 4 is 22.7 Å². The molecule has 0 radical (unpaired) electrons. The first-order valence-corrected chi connectivity index (χ1v) is 7.10. The Morgan fingerprint density at radius 1 is 1.05 bits per heavy atom. The van der Waals surface area contributed by atoms with Crippen LogP contribution in [0.3, 0.4) is 0 Å². The predicted octanol–water partition coefficient (Wildman–Crippen LogP) is 4.04. The largest absolute Gasteiger partial charge is 0.436 e. The van der Waals surface area contributed by atoms with E-state index in [0.717, 1.165) is 22.3 Å². The molecular formula is C16H11ClN4O. The topological polar surface area (TPSA) is 56.7 Å². The van der Waals surface area contributed by atoms with Gasteiger partial charge in [0.1, 0.15) is 18.2 Å². The van der Waals surface area contributed by atoms with Gasteiger partial charge in [0.2, 0.25) is 5.89 Å². The molecule has 0 N–H and O–H groups in total. The Labute approximate surface area is 131 Å². The highest BCUT2D eigenvalue weighted by Gasteiger charge is 2.10. The van der Waals surface area contributed by atoms with Gasteiger partial charge in [-0.1, -0.05) is 17.7 Å². The molecule has 0 spiro atoms. The third-order valence-electron chi connectivity index (χ3n) is 3.51. The number of oxazole rings is 1. The molecule has 2 heterocycles. The molecule has 4 aromatic rings. The van der Waals surface area contributed by atoms with E-state index < -0.39 is 0 Å². The van der Waals surface area contributed by atoms with Crippen molar-refractivity contribution in [3.05, 3.63) is 59.6 Å². The smallest absolute Gasteiger partial charge is 0.227 e. The minimum Gasteiger partial charge on any atom is -0.436 e. The molecule has 0 bridgehead atoms. The Morgan fingerprint density at radius 3 is 2.64 bits per heavy atom. The summed E-state index contributed by atoms with van der Waals surface area (Å²) in [5.74, 6) is 0.554. The Morgan fingerprint density at radius 2 is 1.86 bits per heavy atom. The van der Waals surface area contributed by atoms with E-state index in [0.29, 0.717) is 16.5 Å². The molecule has 0 aliphatic rings. The SMILES string of the molecule is Cc1ccc(-c2nc3ccc(-n4cnnc4)cc3o2)cc1Cl. The maximum Gasteiger partial charge on any atom is 0.227 e. The molecule has 0 amide bonds. The van der Waals surface area contributed by atoms with Crippen LogP contribution in [0.25, 0.3) is 28.2 Å². The number of rotatable bonds is 2. The molecule has 0 saturated heterocycles. The van der Waals surface area contributed by atoms with Gasteiger partial charge in [0, 0.05) is 16.7 Å². The Hall–Kier alpha value is -2.66. The summed E-state index contributed by atoms with van der Waals surface area (Å²) in [6, 6.07) is 11.5. The number of hydrogen-bond donors (Lipinski definition) is 0. The molecular weight excluding hydrogens is 300 g/mol. The standard InChI is InChI=1S/C16H11ClN4O/c1-10-2-3-11(6-13(10)17)16-20-14-5-4-12(7-15(14)22-16)21-8-18-19-9-21/h2-9H,1H3. The van der Waals surface area contributed by atoms with E-state index in [4.69, 9.17) is 16.0 Å². The van der Waals surface area contributed by atoms with E-state index >= 15 is 0 Å². The fourth-order valence-corrected chi connectivity index (χ4v) is 2.44. The molecule has 0 atom stereocenters. The van der Waals surface area contributed by atoms with Crippen molar-refractivity contribution in [1.29, 1.82) is 0 Å². The van der Waals surface area contributed by atoms with E-state index in [-0.39, 0.29) is 0 Å². The van der Waals surface area contributed by atoms with Crippen molar-refractivity contribution < 1.29 is 4.42 Å². The molecule has 4 rings (SSSR count). The third kappa shape index (κ3) is 2.16. The molecule has 108 valence electrons. The zero-order valence-corrected chi connectivity index (χ0v) is 12.4. The summed E-state index contributed by atoms with van der Waals surface area (Å²) in [7, 11) is 0. The van der Waals surface area contributed by atoms with Gasteiger partial charge in [-0.05, 0) is 36.8 Å². The zero-order chi connectivity index (χ0) is 15.1. The van der Waals surface area contributed by atoms with Gasteiger partial charge in [0.15, 0.2) is 5.58 Å². The summed E-state index contributed by atoms with van der Waals surface area (Å²) in [6.45, 7) is 1.96. The summed E-state index contributed by atoms with van der Waals surface area (Å²) in [5, 5.41) is 8.30. The zero-order valence-electron chi connectivity index (χ0n) is 11.7. The van der Waals surface area contributed by atoms with Crippen molar-refractivity contribution in [3.8, 4) is 17.1 Å². The second kappa shape index (κ2) is 4.96. The van der Waals surface area contributed by atoms with Gasteiger partial charge < -0.3 is 4.42 Å². The van der Waals surface area contributed by atoms with Crippen molar-refractivity contribution in [2.75, 3.05) is 0 Å². The minimum absolute atomic E-state index is 0.554. The van der Waals surface area contributed by atoms with Crippen LogP contribution in [-0.2, 0) is 0 Å². The average molecular weight is 311 g/mol. The first-order chi connectivity index (χ1) is 10.7. The summed E-state index contributed by atoms with van der Waals surface area (Å²) < 4.78 is 7.67. The minimum atomic E-state index is 0.554. The van der Waals surface area contributed by atoms with Gasteiger partial charge >= 0.3 is 0 Å². The highest BCUT2D eigenvalue weighted by atomic mass is 35.5. The van der Waals surface area contributed by atoms with Crippen molar-refractivity contribution in [2.45, 2.75) is 6.92 Å². The summed E-state index contributed by atoms with van der Waals surface area (Å²) in [6.07, 6.45) is 3.27. The molecule has 2 aromatic carbocycles. The molecule has 22 heavy (non-hydrogen) atoms. The van der Waals surface area contributed by atoms with Gasteiger partial charge in [0.25, 0.3) is 0 Å². The van der Waals surface area contributed by atoms with Gasteiger partial charge in [-0.15, -0.1) is 10.2 Å². The Kier molecular flexibility index (Phi) is 2.94. The maximum absolute atomic E-state index is 6.17. The van der Waals surface area contributed by atoms with Crippen molar-refractivity contribution in [3.63, 3.8) is 0 Å². The van der Waals surface area contributed by atoms with Crippen LogP contribution in [-0.4, -0.2) is 19.7 Å². The summed E-state index contributed by atoms with van der Waals surface area (Å²) >= 11 is 6.17. The first kappa shape index (κ1) is 13.0. The van der Waals surface area contributed by atoms with Crippen molar-refractivity contribution in [2.24, 2.45) is 0 Å². The van der Waals surface area contributed by atoms with E-state index in [1.54, 1.807) is 12.7 Å². The summed E-state index contributed by atoms with van der Waals surface area (Å²) in [5.41, 5.74) is 4.30. The fourth-order valence-electron chi connectivity index (χ4n) is 2.26. The number of aromatic nitrogens is 4. The Balaban J connectivity index is 1.81. The number of nitrogens with zero attached hydrogens (tertiary/aromatic N) is 4. The summed E-state index contributed by atoms with van der Waals surface area (Å²) in [4.78, 5) is 4.51. The van der Waals surface area contributed by atoms with Crippen LogP contribution in [0.5, 0.6) is 0 Å². The van der Waals surface area contributed by atoms with Gasteiger partial charge in [0.05, 0.1) is 5.69 Å². The lowest BCUT2D eigenvalue weighted by molar-refractivity contribution is 0.619. The molecule has 2 aromatic heterocycles. The lowest BCUT2D eigenvalue weighted by Gasteiger charge is -1.99. The van der Waals surface area contributed by atoms with Crippen LogP contribution >= 0.6 is 11.6 Å². The molecule has 0 saturated carbocycles. The van der Waals surface area contributed by atoms with Gasteiger partial charge in [-0.3, -0.25) is 4.57 Å². The van der Waals surface area contributed by atoms with Crippen LogP contribution in [0.2, 0.25) is 5.02 Å². The van der Waals surface area contributed by atoms with Crippen LogP contribution in [0, 0.1) is 6.92 Å². The second-order valence-corrected chi connectivity index (χ2v) is 5.41. The van der Waals surface area contributed by atoms with Gasteiger partial charge in [-0.25, -0.2) is 4.98 Å². The second-order valence-electron chi connectivity index (χ2n) is 5.00. The third-order valence-corrected chi connectivity index (χ3v) is 3.91. The Bertz CT molecular complexity index is 960. The van der Waals surface area contributed by atoms with Crippen LogP contribution in [0.15, 0.2) is 53.5 Å². The number of fused-ring (bicyclic) bond motifs is 1. The molecule has 0 unspecified atom stereocenters. The fraction of sp³-hybridized carbons (Fsp3) is 0.0625. The van der Waals surface area contributed by atoms with E-state index in [2.05, 4.69) is 15.2 Å². The van der Waals surface area contributed by atoms with Crippen molar-refractivity contribution in [1.82, 2.24) is 19.7 Å². The highest BCUT2D eigenvalue weighted by Crippen LogP contribution is 2.28. The molecule has 0 aliphatic heterocycles. The predicted molar refractivity (Wildman–Crippen MR) is 84.1 cm³/mol. The van der Waals surface area contributed by atoms with Crippen LogP contribution in [0.4, 0.5) is 0 Å². The number of benzene rings is 2. The van der Waals surface area contributed by atoms with E-state index in [1.807, 2.05) is 47.9 Å². The van der Waals surface area contributed by atoms with E-state index in [9.17, 15) is 0 Å². The number of halogens is 1. The monoisotopic (exact) mass is 310 g/mol. The molecule has 0 aliphatic carbocycles. The lowest BCUT2D eigenvalue weighted by atomic mass is 10.1. The molecule has 6 heteroatoms. The first-order valence-electron chi connectivity index (χ1n) is 6.73. The molecule has 0 fully saturated rings. The lowest BCUT2D eigenvalue weighted by Crippen LogP contribution is -1.88. The van der Waals surface area contributed by atoms with Gasteiger partial charge in [-0.2, -0.15) is 0 Å². The maximum atomic E-state index is 6.17. The van der Waals surface area contributed by atoms with Crippen LogP contribution in [0.1, 0.15) is 5.56 Å². The quantitative estimate of drug-likeness (QED) is 0.561. The molecule has 5 nitrogen and oxygen atoms in total. The number of aryl methyl sites for hydroxylation is 1. The van der Waals surface area contributed by atoms with E-state index in [1.165, 1.54) is 0 Å². The normalized spacial score (nSPS) is 11.2.